The lowest BCUT2D eigenvalue weighted by Gasteiger charge is -2.12. The lowest BCUT2D eigenvalue weighted by atomic mass is 10.1. The van der Waals surface area contributed by atoms with Crippen LogP contribution in [0.4, 0.5) is 10.8 Å². The minimum Gasteiger partial charge on any atom is -0.370 e. The van der Waals surface area contributed by atoms with E-state index in [4.69, 9.17) is 10.7 Å². The molecule has 0 bridgehead atoms. The van der Waals surface area contributed by atoms with Gasteiger partial charge < -0.3 is 16.0 Å². The van der Waals surface area contributed by atoms with Gasteiger partial charge in [0.05, 0.1) is 5.69 Å². The summed E-state index contributed by atoms with van der Waals surface area (Å²) >= 11 is 1.73. The number of anilines is 2. The number of guanidine groups is 1. The van der Waals surface area contributed by atoms with E-state index in [1.165, 1.54) is 18.4 Å². The topological polar surface area (TPSA) is 66.5 Å². The average molecular weight is 471 g/mol. The van der Waals surface area contributed by atoms with Crippen LogP contribution in [0.15, 0.2) is 34.6 Å². The SMILES string of the molecule is CCc1ccc(NC(N)=NCCc2csc(N3CCCC3)n2)cc1.I. The molecule has 25 heavy (non-hydrogen) atoms. The van der Waals surface area contributed by atoms with Crippen molar-refractivity contribution >= 4 is 52.1 Å². The second-order valence-corrected chi connectivity index (χ2v) is 6.84. The molecule has 0 atom stereocenters. The Hall–Kier alpha value is -1.35. The van der Waals surface area contributed by atoms with Gasteiger partial charge in [-0.25, -0.2) is 4.98 Å². The summed E-state index contributed by atoms with van der Waals surface area (Å²) in [5.74, 6) is 0.453. The third-order valence-corrected chi connectivity index (χ3v) is 5.15. The smallest absolute Gasteiger partial charge is 0.193 e. The minimum atomic E-state index is 0. The normalized spacial score (nSPS) is 14.4. The van der Waals surface area contributed by atoms with Gasteiger partial charge in [-0.05, 0) is 37.0 Å². The highest BCUT2D eigenvalue weighted by atomic mass is 127. The van der Waals surface area contributed by atoms with Crippen molar-refractivity contribution in [1.82, 2.24) is 4.98 Å². The molecular weight excluding hydrogens is 445 g/mol. The van der Waals surface area contributed by atoms with E-state index in [9.17, 15) is 0 Å². The molecule has 0 radical (unpaired) electrons. The number of nitrogens with one attached hydrogen (secondary N) is 1. The monoisotopic (exact) mass is 471 g/mol. The van der Waals surface area contributed by atoms with Crippen LogP contribution in [0.5, 0.6) is 0 Å². The van der Waals surface area contributed by atoms with Gasteiger partial charge in [0.1, 0.15) is 0 Å². The van der Waals surface area contributed by atoms with Gasteiger partial charge in [-0.1, -0.05) is 19.1 Å². The predicted octanol–water partition coefficient (Wildman–Crippen LogP) is 3.89. The molecule has 2 heterocycles. The molecule has 1 saturated heterocycles. The molecule has 0 aliphatic carbocycles. The molecule has 7 heteroatoms. The Bertz CT molecular complexity index is 677. The number of hydrogen-bond donors (Lipinski definition) is 2. The van der Waals surface area contributed by atoms with Crippen molar-refractivity contribution < 1.29 is 0 Å². The fourth-order valence-corrected chi connectivity index (χ4v) is 3.68. The molecule has 1 aliphatic rings. The lowest BCUT2D eigenvalue weighted by Crippen LogP contribution is -2.23. The quantitative estimate of drug-likeness (QED) is 0.381. The number of aromatic nitrogens is 1. The van der Waals surface area contributed by atoms with Gasteiger partial charge in [-0.3, -0.25) is 4.99 Å². The van der Waals surface area contributed by atoms with Gasteiger partial charge in [-0.15, -0.1) is 35.3 Å². The van der Waals surface area contributed by atoms with E-state index < -0.39 is 0 Å². The van der Waals surface area contributed by atoms with Crippen LogP contribution in [0.2, 0.25) is 0 Å². The van der Waals surface area contributed by atoms with Gasteiger partial charge in [0.25, 0.3) is 0 Å². The first-order valence-electron chi connectivity index (χ1n) is 8.60. The van der Waals surface area contributed by atoms with Gasteiger partial charge in [0.15, 0.2) is 11.1 Å². The van der Waals surface area contributed by atoms with Gasteiger partial charge >= 0.3 is 0 Å². The Balaban J connectivity index is 0.00000225. The molecule has 2 aromatic rings. The number of halogens is 1. The Labute approximate surface area is 170 Å². The molecule has 3 rings (SSSR count). The van der Waals surface area contributed by atoms with Crippen LogP contribution < -0.4 is 16.0 Å². The van der Waals surface area contributed by atoms with Crippen molar-refractivity contribution in [3.63, 3.8) is 0 Å². The van der Waals surface area contributed by atoms with Crippen molar-refractivity contribution in [3.05, 3.63) is 40.9 Å². The van der Waals surface area contributed by atoms with Crippen molar-refractivity contribution in [1.29, 1.82) is 0 Å². The number of aliphatic imine (C=N–C) groups is 1. The number of hydrogen-bond acceptors (Lipinski definition) is 4. The molecule has 1 fully saturated rings. The first-order chi connectivity index (χ1) is 11.7. The van der Waals surface area contributed by atoms with E-state index in [2.05, 4.69) is 39.6 Å². The second-order valence-electron chi connectivity index (χ2n) is 6.01. The lowest BCUT2D eigenvalue weighted by molar-refractivity contribution is 0.907. The number of benzene rings is 1. The maximum absolute atomic E-state index is 5.96. The highest BCUT2D eigenvalue weighted by Crippen LogP contribution is 2.24. The summed E-state index contributed by atoms with van der Waals surface area (Å²) in [6.45, 7) is 5.07. The molecule has 0 unspecified atom stereocenters. The first kappa shape index (κ1) is 20.0. The molecule has 0 amide bonds. The van der Waals surface area contributed by atoms with E-state index in [-0.39, 0.29) is 24.0 Å². The van der Waals surface area contributed by atoms with Crippen LogP contribution in [0, 0.1) is 0 Å². The zero-order valence-electron chi connectivity index (χ0n) is 14.6. The highest BCUT2D eigenvalue weighted by molar-refractivity contribution is 14.0. The molecule has 0 spiro atoms. The summed E-state index contributed by atoms with van der Waals surface area (Å²) in [6, 6.07) is 8.27. The number of aryl methyl sites for hydroxylation is 1. The third kappa shape index (κ3) is 5.85. The van der Waals surface area contributed by atoms with Gasteiger partial charge in [0.2, 0.25) is 0 Å². The number of nitrogens with zero attached hydrogens (tertiary/aromatic N) is 3. The molecule has 1 aromatic heterocycles. The maximum Gasteiger partial charge on any atom is 0.193 e. The predicted molar refractivity (Wildman–Crippen MR) is 119 cm³/mol. The van der Waals surface area contributed by atoms with Crippen LogP contribution >= 0.6 is 35.3 Å². The van der Waals surface area contributed by atoms with Crippen molar-refractivity contribution in [2.45, 2.75) is 32.6 Å². The molecule has 5 nitrogen and oxygen atoms in total. The largest absolute Gasteiger partial charge is 0.370 e. The summed E-state index contributed by atoms with van der Waals surface area (Å²) in [6.07, 6.45) is 4.42. The standard InChI is InChI=1S/C18H25N5S.HI/c1-2-14-5-7-15(8-6-14)21-17(19)20-10-9-16-13-24-18(22-16)23-11-3-4-12-23;/h5-8,13H,2-4,9-12H2,1H3,(H3,19,20,21);1H. The molecule has 1 aromatic carbocycles. The fraction of sp³-hybridized carbons (Fsp3) is 0.444. The van der Waals surface area contributed by atoms with Crippen molar-refractivity contribution in [2.24, 2.45) is 10.7 Å². The van der Waals surface area contributed by atoms with Gasteiger partial charge in [-0.2, -0.15) is 0 Å². The maximum atomic E-state index is 5.96. The van der Waals surface area contributed by atoms with E-state index in [1.807, 2.05) is 12.1 Å². The van der Waals surface area contributed by atoms with E-state index in [0.29, 0.717) is 12.5 Å². The van der Waals surface area contributed by atoms with Crippen LogP contribution in [0.3, 0.4) is 0 Å². The molecule has 136 valence electrons. The summed E-state index contributed by atoms with van der Waals surface area (Å²) in [4.78, 5) is 11.5. The van der Waals surface area contributed by atoms with Gasteiger partial charge in [0, 0.05) is 37.1 Å². The Kier molecular flexibility index (Phi) is 7.95. The van der Waals surface area contributed by atoms with Crippen molar-refractivity contribution in [2.75, 3.05) is 29.9 Å². The molecule has 1 aliphatic heterocycles. The van der Waals surface area contributed by atoms with Crippen molar-refractivity contribution in [3.8, 4) is 0 Å². The van der Waals surface area contributed by atoms with E-state index in [0.717, 1.165) is 42.4 Å². The molecular formula is C18H26IN5S. The van der Waals surface area contributed by atoms with E-state index >= 15 is 0 Å². The summed E-state index contributed by atoms with van der Waals surface area (Å²) in [7, 11) is 0. The zero-order valence-corrected chi connectivity index (χ0v) is 17.7. The zero-order chi connectivity index (χ0) is 16.8. The number of nitrogens with two attached hydrogens (primary N) is 1. The molecule has 3 N–H and O–H groups in total. The second kappa shape index (κ2) is 9.96. The molecule has 0 saturated carbocycles. The third-order valence-electron chi connectivity index (χ3n) is 4.20. The van der Waals surface area contributed by atoms with Crippen LogP contribution in [0.1, 0.15) is 31.0 Å². The fourth-order valence-electron chi connectivity index (χ4n) is 2.77. The Morgan fingerprint density at radius 2 is 2.00 bits per heavy atom. The van der Waals surface area contributed by atoms with Crippen LogP contribution in [-0.4, -0.2) is 30.6 Å². The minimum absolute atomic E-state index is 0. The number of thiazole rings is 1. The summed E-state index contributed by atoms with van der Waals surface area (Å²) < 4.78 is 0. The Morgan fingerprint density at radius 1 is 1.28 bits per heavy atom. The Morgan fingerprint density at radius 3 is 2.68 bits per heavy atom. The number of rotatable bonds is 6. The summed E-state index contributed by atoms with van der Waals surface area (Å²) in [5.41, 5.74) is 9.34. The van der Waals surface area contributed by atoms with E-state index in [1.54, 1.807) is 11.3 Å². The van der Waals surface area contributed by atoms with Crippen LogP contribution in [0.25, 0.3) is 0 Å². The van der Waals surface area contributed by atoms with Crippen LogP contribution in [-0.2, 0) is 12.8 Å². The highest BCUT2D eigenvalue weighted by Gasteiger charge is 2.15. The average Bonchev–Trinajstić information content (AvgIpc) is 3.27. The summed E-state index contributed by atoms with van der Waals surface area (Å²) in [5, 5.41) is 6.41. The first-order valence-corrected chi connectivity index (χ1v) is 9.48.